The maximum Gasteiger partial charge on any atom is 0.340 e. The van der Waals surface area contributed by atoms with Crippen molar-refractivity contribution >= 4 is 28.5 Å². The number of carboxylic acid groups (broad SMARTS) is 1. The molecule has 2 aromatic heterocycles. The van der Waals surface area contributed by atoms with Crippen LogP contribution in [0.2, 0.25) is 5.15 Å². The van der Waals surface area contributed by atoms with Gasteiger partial charge in [-0.15, -0.1) is 10.2 Å². The van der Waals surface area contributed by atoms with Gasteiger partial charge in [-0.05, 0) is 12.1 Å². The van der Waals surface area contributed by atoms with Crippen LogP contribution in [0.5, 0.6) is 11.6 Å². The van der Waals surface area contributed by atoms with E-state index in [0.717, 1.165) is 0 Å². The molecule has 1 N–H and O–H groups in total. The normalized spacial score (nSPS) is 10.5. The van der Waals surface area contributed by atoms with Crippen LogP contribution in [0.1, 0.15) is 10.4 Å². The summed E-state index contributed by atoms with van der Waals surface area (Å²) in [5, 5.41) is 17.5. The Morgan fingerprint density at radius 2 is 1.95 bits per heavy atom. The van der Waals surface area contributed by atoms with Gasteiger partial charge in [0.15, 0.2) is 10.9 Å². The van der Waals surface area contributed by atoms with Crippen molar-refractivity contribution in [3.8, 4) is 11.6 Å². The predicted molar refractivity (Wildman–Crippen MR) is 75.8 cm³/mol. The Labute approximate surface area is 124 Å². The Hall–Kier alpha value is -2.73. The van der Waals surface area contributed by atoms with Crippen LogP contribution < -0.4 is 4.74 Å². The molecule has 7 heteroatoms. The number of rotatable bonds is 3. The van der Waals surface area contributed by atoms with Crippen LogP contribution in [0.15, 0.2) is 42.6 Å². The van der Waals surface area contributed by atoms with E-state index < -0.39 is 5.97 Å². The highest BCUT2D eigenvalue weighted by Crippen LogP contribution is 2.29. The van der Waals surface area contributed by atoms with Crippen molar-refractivity contribution in [2.75, 3.05) is 0 Å². The zero-order valence-corrected chi connectivity index (χ0v) is 11.3. The summed E-state index contributed by atoms with van der Waals surface area (Å²) in [4.78, 5) is 15.7. The van der Waals surface area contributed by atoms with E-state index in [2.05, 4.69) is 15.2 Å². The Morgan fingerprint density at radius 3 is 2.67 bits per heavy atom. The van der Waals surface area contributed by atoms with Crippen molar-refractivity contribution in [2.45, 2.75) is 0 Å². The number of para-hydroxylation sites is 1. The number of ether oxygens (including phenoxy) is 1. The summed E-state index contributed by atoms with van der Waals surface area (Å²) in [5.41, 5.74) is 0.599. The molecule has 0 spiro atoms. The van der Waals surface area contributed by atoms with Crippen molar-refractivity contribution in [3.05, 3.63) is 53.3 Å². The van der Waals surface area contributed by atoms with Gasteiger partial charge in [0.2, 0.25) is 5.88 Å². The van der Waals surface area contributed by atoms with Gasteiger partial charge in [-0.25, -0.2) is 4.79 Å². The van der Waals surface area contributed by atoms with Crippen LogP contribution >= 0.6 is 11.6 Å². The molecule has 0 fully saturated rings. The fourth-order valence-electron chi connectivity index (χ4n) is 1.89. The van der Waals surface area contributed by atoms with Crippen LogP contribution in [-0.4, -0.2) is 26.3 Å². The molecule has 0 atom stereocenters. The smallest absolute Gasteiger partial charge is 0.340 e. The van der Waals surface area contributed by atoms with Gasteiger partial charge in [-0.3, -0.25) is 4.98 Å². The third kappa shape index (κ3) is 2.61. The molecule has 3 aromatic rings. The minimum Gasteiger partial charge on any atom is -0.478 e. The highest BCUT2D eigenvalue weighted by atomic mass is 35.5. The second kappa shape index (κ2) is 5.34. The molecule has 0 amide bonds. The van der Waals surface area contributed by atoms with E-state index in [-0.39, 0.29) is 22.3 Å². The second-order valence-corrected chi connectivity index (χ2v) is 4.50. The fourth-order valence-corrected chi connectivity index (χ4v) is 1.99. The van der Waals surface area contributed by atoms with Crippen molar-refractivity contribution in [1.82, 2.24) is 15.2 Å². The lowest BCUT2D eigenvalue weighted by molar-refractivity contribution is 0.0696. The summed E-state index contributed by atoms with van der Waals surface area (Å²) in [6.45, 7) is 0. The lowest BCUT2D eigenvalue weighted by Crippen LogP contribution is -2.03. The molecule has 0 saturated carbocycles. The zero-order valence-electron chi connectivity index (χ0n) is 10.5. The molecule has 21 heavy (non-hydrogen) atoms. The largest absolute Gasteiger partial charge is 0.478 e. The number of carboxylic acids is 1. The lowest BCUT2D eigenvalue weighted by Gasteiger charge is -2.09. The Balaban J connectivity index is 2.11. The molecule has 0 saturated heterocycles. The molecule has 0 aliphatic carbocycles. The Kier molecular flexibility index (Phi) is 3.37. The minimum atomic E-state index is -1.11. The number of hydrogen-bond acceptors (Lipinski definition) is 5. The van der Waals surface area contributed by atoms with Gasteiger partial charge >= 0.3 is 5.97 Å². The third-order valence-electron chi connectivity index (χ3n) is 2.78. The first kappa shape index (κ1) is 13.3. The molecule has 0 bridgehead atoms. The van der Waals surface area contributed by atoms with Gasteiger partial charge in [-0.1, -0.05) is 29.8 Å². The number of fused-ring (bicyclic) bond motifs is 1. The number of benzene rings is 1. The van der Waals surface area contributed by atoms with E-state index >= 15 is 0 Å². The zero-order chi connectivity index (χ0) is 14.8. The van der Waals surface area contributed by atoms with Crippen LogP contribution in [0, 0.1) is 0 Å². The van der Waals surface area contributed by atoms with Gasteiger partial charge in [0, 0.05) is 11.5 Å². The number of aromatic nitrogens is 3. The maximum atomic E-state index is 11.5. The Bertz CT molecular complexity index is 821. The van der Waals surface area contributed by atoms with E-state index in [0.29, 0.717) is 10.9 Å². The highest BCUT2D eigenvalue weighted by Gasteiger charge is 2.17. The first-order chi connectivity index (χ1) is 10.1. The summed E-state index contributed by atoms with van der Waals surface area (Å²) < 4.78 is 5.46. The third-order valence-corrected chi connectivity index (χ3v) is 2.98. The SMILES string of the molecule is O=C(O)c1c(Oc2ccc(Cl)nn2)cnc2ccccc12. The summed E-state index contributed by atoms with van der Waals surface area (Å²) >= 11 is 5.64. The topological polar surface area (TPSA) is 85.2 Å². The van der Waals surface area contributed by atoms with Crippen molar-refractivity contribution in [2.24, 2.45) is 0 Å². The maximum absolute atomic E-state index is 11.5. The number of halogens is 1. The number of hydrogen-bond donors (Lipinski definition) is 1. The monoisotopic (exact) mass is 301 g/mol. The molecule has 2 heterocycles. The number of pyridine rings is 1. The Morgan fingerprint density at radius 1 is 1.14 bits per heavy atom. The molecule has 104 valence electrons. The average Bonchev–Trinajstić information content (AvgIpc) is 2.49. The molecule has 6 nitrogen and oxygen atoms in total. The van der Waals surface area contributed by atoms with E-state index in [1.807, 2.05) is 0 Å². The van der Waals surface area contributed by atoms with E-state index in [9.17, 15) is 9.90 Å². The number of nitrogens with zero attached hydrogens (tertiary/aromatic N) is 3. The summed E-state index contributed by atoms with van der Waals surface area (Å²) in [5.74, 6) is -0.873. The molecule has 0 aliphatic rings. The average molecular weight is 302 g/mol. The fraction of sp³-hybridized carbons (Fsp3) is 0. The van der Waals surface area contributed by atoms with Crippen molar-refractivity contribution < 1.29 is 14.6 Å². The van der Waals surface area contributed by atoms with E-state index in [1.165, 1.54) is 18.3 Å². The van der Waals surface area contributed by atoms with E-state index in [1.54, 1.807) is 24.3 Å². The standard InChI is InChI=1S/C14H8ClN3O3/c15-11-5-6-12(18-17-11)21-10-7-16-9-4-2-1-3-8(9)13(10)14(19)20/h1-7H,(H,19,20). The molecule has 0 unspecified atom stereocenters. The lowest BCUT2D eigenvalue weighted by atomic mass is 10.1. The first-order valence-corrected chi connectivity index (χ1v) is 6.31. The molecular formula is C14H8ClN3O3. The van der Waals surface area contributed by atoms with Gasteiger partial charge in [-0.2, -0.15) is 0 Å². The van der Waals surface area contributed by atoms with Crippen LogP contribution in [0.3, 0.4) is 0 Å². The quantitative estimate of drug-likeness (QED) is 0.799. The summed E-state index contributed by atoms with van der Waals surface area (Å²) in [6, 6.07) is 9.92. The van der Waals surface area contributed by atoms with Gasteiger partial charge in [0.05, 0.1) is 11.7 Å². The summed E-state index contributed by atoms with van der Waals surface area (Å²) in [6.07, 6.45) is 1.35. The van der Waals surface area contributed by atoms with Gasteiger partial charge in [0.25, 0.3) is 0 Å². The van der Waals surface area contributed by atoms with Crippen molar-refractivity contribution in [1.29, 1.82) is 0 Å². The molecule has 1 aromatic carbocycles. The van der Waals surface area contributed by atoms with E-state index in [4.69, 9.17) is 16.3 Å². The highest BCUT2D eigenvalue weighted by molar-refractivity contribution is 6.29. The molecule has 3 rings (SSSR count). The summed E-state index contributed by atoms with van der Waals surface area (Å²) in [7, 11) is 0. The van der Waals surface area contributed by atoms with Crippen molar-refractivity contribution in [3.63, 3.8) is 0 Å². The van der Waals surface area contributed by atoms with Crippen LogP contribution in [0.4, 0.5) is 0 Å². The molecule has 0 aliphatic heterocycles. The minimum absolute atomic E-state index is 0.0253. The van der Waals surface area contributed by atoms with Crippen LogP contribution in [0.25, 0.3) is 10.9 Å². The number of carbonyl (C=O) groups is 1. The molecular weight excluding hydrogens is 294 g/mol. The second-order valence-electron chi connectivity index (χ2n) is 4.12. The predicted octanol–water partition coefficient (Wildman–Crippen LogP) is 3.17. The molecule has 0 radical (unpaired) electrons. The number of aromatic carboxylic acids is 1. The van der Waals surface area contributed by atoms with Gasteiger partial charge in [0.1, 0.15) is 5.56 Å². The van der Waals surface area contributed by atoms with Gasteiger partial charge < -0.3 is 9.84 Å². The first-order valence-electron chi connectivity index (χ1n) is 5.93. The van der Waals surface area contributed by atoms with Crippen LogP contribution in [-0.2, 0) is 0 Å².